The van der Waals surface area contributed by atoms with Gasteiger partial charge in [-0.1, -0.05) is 5.16 Å². The number of rotatable bonds is 5. The molecule has 9 heteroatoms. The van der Waals surface area contributed by atoms with Gasteiger partial charge in [-0.05, 0) is 25.1 Å². The maximum absolute atomic E-state index is 13.2. The molecule has 1 aromatic carbocycles. The van der Waals surface area contributed by atoms with Crippen molar-refractivity contribution in [1.29, 1.82) is 0 Å². The zero-order valence-electron chi connectivity index (χ0n) is 10.8. The molecule has 0 fully saturated rings. The van der Waals surface area contributed by atoms with Crippen LogP contribution < -0.4 is 9.46 Å². The van der Waals surface area contributed by atoms with Crippen molar-refractivity contribution in [2.45, 2.75) is 18.4 Å². The van der Waals surface area contributed by atoms with Gasteiger partial charge in [-0.25, -0.2) is 17.5 Å². The monoisotopic (exact) mass is 301 g/mol. The second-order valence-corrected chi connectivity index (χ2v) is 5.59. The molecule has 0 bridgehead atoms. The Morgan fingerprint density at radius 3 is 2.80 bits per heavy atom. The molecule has 0 radical (unpaired) electrons. The zero-order valence-corrected chi connectivity index (χ0v) is 11.6. The lowest BCUT2D eigenvalue weighted by Crippen LogP contribution is -2.24. The van der Waals surface area contributed by atoms with E-state index in [1.54, 1.807) is 6.92 Å². The molecule has 0 unspecified atom stereocenters. The minimum atomic E-state index is -3.96. The Balaban J connectivity index is 2.24. The van der Waals surface area contributed by atoms with E-state index in [9.17, 15) is 12.8 Å². The van der Waals surface area contributed by atoms with Crippen LogP contribution in [0.3, 0.4) is 0 Å². The van der Waals surface area contributed by atoms with Crippen molar-refractivity contribution in [2.24, 2.45) is 0 Å². The smallest absolute Gasteiger partial charge is 0.244 e. The van der Waals surface area contributed by atoms with E-state index in [0.29, 0.717) is 5.82 Å². The third-order valence-electron chi connectivity index (χ3n) is 2.40. The van der Waals surface area contributed by atoms with Crippen LogP contribution >= 0.6 is 0 Å². The number of hydrogen-bond acceptors (Lipinski definition) is 6. The number of aryl methyl sites for hydroxylation is 1. The van der Waals surface area contributed by atoms with Gasteiger partial charge >= 0.3 is 0 Å². The lowest BCUT2D eigenvalue weighted by molar-refractivity contribution is 0.371. The molecular weight excluding hydrogens is 289 g/mol. The summed E-state index contributed by atoms with van der Waals surface area (Å²) in [5.41, 5.74) is 0. The molecule has 1 N–H and O–H groups in total. The average Bonchev–Trinajstić information content (AvgIpc) is 2.82. The van der Waals surface area contributed by atoms with Crippen molar-refractivity contribution in [3.8, 4) is 5.75 Å². The van der Waals surface area contributed by atoms with Gasteiger partial charge < -0.3 is 9.26 Å². The second-order valence-electron chi connectivity index (χ2n) is 3.86. The van der Waals surface area contributed by atoms with Crippen molar-refractivity contribution < 1.29 is 22.1 Å². The Morgan fingerprint density at radius 2 is 2.20 bits per heavy atom. The molecule has 1 heterocycles. The number of aromatic nitrogens is 2. The first-order chi connectivity index (χ1) is 9.42. The third-order valence-corrected chi connectivity index (χ3v) is 3.82. The van der Waals surface area contributed by atoms with Crippen LogP contribution in [0.2, 0.25) is 0 Å². The zero-order chi connectivity index (χ0) is 14.8. The van der Waals surface area contributed by atoms with Gasteiger partial charge in [-0.2, -0.15) is 4.98 Å². The number of ether oxygens (including phenoxy) is 1. The maximum Gasteiger partial charge on any atom is 0.244 e. The average molecular weight is 301 g/mol. The molecule has 0 aliphatic carbocycles. The van der Waals surface area contributed by atoms with Crippen LogP contribution in [0.5, 0.6) is 5.75 Å². The van der Waals surface area contributed by atoms with Gasteiger partial charge in [0.1, 0.15) is 16.5 Å². The molecular formula is C11H12FN3O4S. The summed E-state index contributed by atoms with van der Waals surface area (Å²) in [5, 5.41) is 3.53. The molecule has 0 aliphatic heterocycles. The van der Waals surface area contributed by atoms with Crippen LogP contribution in [0.25, 0.3) is 0 Å². The van der Waals surface area contributed by atoms with E-state index in [0.717, 1.165) is 12.1 Å². The Kier molecular flexibility index (Phi) is 4.00. The van der Waals surface area contributed by atoms with Crippen LogP contribution in [-0.2, 0) is 16.6 Å². The van der Waals surface area contributed by atoms with E-state index in [4.69, 9.17) is 9.26 Å². The van der Waals surface area contributed by atoms with Crippen LogP contribution in [0.4, 0.5) is 4.39 Å². The molecule has 2 aromatic rings. The van der Waals surface area contributed by atoms with Crippen molar-refractivity contribution in [3.63, 3.8) is 0 Å². The van der Waals surface area contributed by atoms with Crippen molar-refractivity contribution in [3.05, 3.63) is 35.7 Å². The van der Waals surface area contributed by atoms with Gasteiger partial charge in [0.2, 0.25) is 15.9 Å². The lowest BCUT2D eigenvalue weighted by atomic mass is 10.3. The Bertz CT molecular complexity index is 714. The molecule has 108 valence electrons. The van der Waals surface area contributed by atoms with Crippen molar-refractivity contribution in [2.75, 3.05) is 7.11 Å². The van der Waals surface area contributed by atoms with Crippen LogP contribution in [0.1, 0.15) is 11.7 Å². The van der Waals surface area contributed by atoms with Gasteiger partial charge in [0.25, 0.3) is 0 Å². The van der Waals surface area contributed by atoms with E-state index >= 15 is 0 Å². The summed E-state index contributed by atoms with van der Waals surface area (Å²) in [6.45, 7) is 1.42. The van der Waals surface area contributed by atoms with E-state index in [-0.39, 0.29) is 23.1 Å². The first-order valence-electron chi connectivity index (χ1n) is 5.55. The molecule has 2 rings (SSSR count). The molecule has 0 atom stereocenters. The molecule has 0 saturated carbocycles. The summed E-state index contributed by atoms with van der Waals surface area (Å²) in [6, 6.07) is 3.22. The van der Waals surface area contributed by atoms with Crippen LogP contribution in [0, 0.1) is 12.7 Å². The summed E-state index contributed by atoms with van der Waals surface area (Å²) >= 11 is 0. The van der Waals surface area contributed by atoms with Crippen molar-refractivity contribution >= 4 is 10.0 Å². The Labute approximate surface area is 114 Å². The molecule has 0 amide bonds. The standard InChI is InChI=1S/C11H12FN3O4S/c1-7-14-11(19-15-7)6-13-20(16,17)10-5-8(12)3-4-9(10)18-2/h3-5,13H,6H2,1-2H3. The third kappa shape index (κ3) is 3.11. The summed E-state index contributed by atoms with van der Waals surface area (Å²) in [7, 11) is -2.66. The number of hydrogen-bond donors (Lipinski definition) is 1. The first-order valence-corrected chi connectivity index (χ1v) is 7.03. The van der Waals surface area contributed by atoms with Gasteiger partial charge in [0.15, 0.2) is 5.82 Å². The van der Waals surface area contributed by atoms with Crippen LogP contribution in [-0.4, -0.2) is 25.7 Å². The number of nitrogens with one attached hydrogen (secondary N) is 1. The minimum absolute atomic E-state index is 0.0422. The molecule has 0 spiro atoms. The predicted octanol–water partition coefficient (Wildman–Crippen LogP) is 1.00. The molecule has 0 aliphatic rings. The predicted molar refractivity (Wildman–Crippen MR) is 66.0 cm³/mol. The minimum Gasteiger partial charge on any atom is -0.495 e. The van der Waals surface area contributed by atoms with E-state index < -0.39 is 15.8 Å². The fourth-order valence-corrected chi connectivity index (χ4v) is 2.66. The second kappa shape index (κ2) is 5.55. The lowest BCUT2D eigenvalue weighted by Gasteiger charge is -2.09. The van der Waals surface area contributed by atoms with Gasteiger partial charge in [-0.15, -0.1) is 0 Å². The Hall–Kier alpha value is -2.00. The fourth-order valence-electron chi connectivity index (χ4n) is 1.51. The Morgan fingerprint density at radius 1 is 1.45 bits per heavy atom. The highest BCUT2D eigenvalue weighted by Crippen LogP contribution is 2.24. The maximum atomic E-state index is 13.2. The molecule has 1 aromatic heterocycles. The number of sulfonamides is 1. The summed E-state index contributed by atoms with van der Waals surface area (Å²) in [5.74, 6) is -0.135. The quantitative estimate of drug-likeness (QED) is 0.885. The highest BCUT2D eigenvalue weighted by Gasteiger charge is 2.21. The van der Waals surface area contributed by atoms with Gasteiger partial charge in [0.05, 0.1) is 13.7 Å². The first kappa shape index (κ1) is 14.4. The summed E-state index contributed by atoms with van der Waals surface area (Å²) in [6.07, 6.45) is 0. The highest BCUT2D eigenvalue weighted by molar-refractivity contribution is 7.89. The van der Waals surface area contributed by atoms with E-state index in [2.05, 4.69) is 14.9 Å². The van der Waals surface area contributed by atoms with Gasteiger partial charge in [-0.3, -0.25) is 0 Å². The number of methoxy groups -OCH3 is 1. The topological polar surface area (TPSA) is 94.3 Å². The largest absolute Gasteiger partial charge is 0.495 e. The normalized spacial score (nSPS) is 11.6. The van der Waals surface area contributed by atoms with E-state index in [1.807, 2.05) is 0 Å². The summed E-state index contributed by atoms with van der Waals surface area (Å²) in [4.78, 5) is 3.56. The highest BCUT2D eigenvalue weighted by atomic mass is 32.2. The van der Waals surface area contributed by atoms with E-state index in [1.165, 1.54) is 13.2 Å². The van der Waals surface area contributed by atoms with Crippen LogP contribution in [0.15, 0.2) is 27.6 Å². The number of benzene rings is 1. The summed E-state index contributed by atoms with van der Waals surface area (Å²) < 4.78 is 49.3. The molecule has 0 saturated heterocycles. The fraction of sp³-hybridized carbons (Fsp3) is 0.273. The molecule has 7 nitrogen and oxygen atoms in total. The number of halogens is 1. The van der Waals surface area contributed by atoms with Gasteiger partial charge in [0, 0.05) is 0 Å². The van der Waals surface area contributed by atoms with Crippen molar-refractivity contribution in [1.82, 2.24) is 14.9 Å². The SMILES string of the molecule is COc1ccc(F)cc1S(=O)(=O)NCc1nc(C)no1. The number of nitrogens with zero attached hydrogens (tertiary/aromatic N) is 2. The molecule has 20 heavy (non-hydrogen) atoms.